The highest BCUT2D eigenvalue weighted by Gasteiger charge is 2.11. The van der Waals surface area contributed by atoms with Crippen LogP contribution in [0.2, 0.25) is 5.02 Å². The molecule has 2 rings (SSSR count). The molecule has 0 radical (unpaired) electrons. The third-order valence-electron chi connectivity index (χ3n) is 2.87. The van der Waals surface area contributed by atoms with Gasteiger partial charge in [0.05, 0.1) is 0 Å². The van der Waals surface area contributed by atoms with Crippen molar-refractivity contribution in [2.45, 2.75) is 20.4 Å². The zero-order valence-electron chi connectivity index (χ0n) is 10.6. The SMILES string of the molecule is CC(C)C(=O)c1ccn(Cc2ccccc2Cl)c1. The first-order chi connectivity index (χ1) is 8.58. The van der Waals surface area contributed by atoms with Gasteiger partial charge in [-0.3, -0.25) is 4.79 Å². The lowest BCUT2D eigenvalue weighted by Gasteiger charge is -2.05. The monoisotopic (exact) mass is 261 g/mol. The van der Waals surface area contributed by atoms with Gasteiger partial charge in [0.15, 0.2) is 5.78 Å². The zero-order chi connectivity index (χ0) is 13.1. The van der Waals surface area contributed by atoms with Crippen LogP contribution in [0.25, 0.3) is 0 Å². The number of hydrogen-bond acceptors (Lipinski definition) is 1. The number of ketones is 1. The van der Waals surface area contributed by atoms with Gasteiger partial charge in [0, 0.05) is 35.4 Å². The number of nitrogens with zero attached hydrogens (tertiary/aromatic N) is 1. The molecular formula is C15H16ClNO. The van der Waals surface area contributed by atoms with Gasteiger partial charge in [0.2, 0.25) is 0 Å². The normalized spacial score (nSPS) is 10.9. The highest BCUT2D eigenvalue weighted by atomic mass is 35.5. The highest BCUT2D eigenvalue weighted by Crippen LogP contribution is 2.17. The third kappa shape index (κ3) is 2.82. The molecule has 2 nitrogen and oxygen atoms in total. The number of carbonyl (C=O) groups excluding carboxylic acids is 1. The Labute approximate surface area is 112 Å². The van der Waals surface area contributed by atoms with E-state index >= 15 is 0 Å². The van der Waals surface area contributed by atoms with Crippen LogP contribution in [0.1, 0.15) is 29.8 Å². The maximum absolute atomic E-state index is 11.8. The molecule has 0 spiro atoms. The van der Waals surface area contributed by atoms with Crippen LogP contribution < -0.4 is 0 Å². The highest BCUT2D eigenvalue weighted by molar-refractivity contribution is 6.31. The van der Waals surface area contributed by atoms with E-state index in [9.17, 15) is 4.79 Å². The fraction of sp³-hybridized carbons (Fsp3) is 0.267. The molecule has 0 aliphatic heterocycles. The molecule has 0 atom stereocenters. The molecule has 0 saturated carbocycles. The minimum absolute atomic E-state index is 0.0289. The smallest absolute Gasteiger partial charge is 0.166 e. The molecule has 1 aromatic heterocycles. The number of Topliss-reactive ketones (excluding diaryl/α,β-unsaturated/α-hetero) is 1. The predicted octanol–water partition coefficient (Wildman–Crippen LogP) is 4.03. The first-order valence-electron chi connectivity index (χ1n) is 6.01. The number of carbonyl (C=O) groups is 1. The lowest BCUT2D eigenvalue weighted by Crippen LogP contribution is -2.06. The first-order valence-corrected chi connectivity index (χ1v) is 6.39. The van der Waals surface area contributed by atoms with Gasteiger partial charge in [-0.1, -0.05) is 43.6 Å². The quantitative estimate of drug-likeness (QED) is 0.762. The van der Waals surface area contributed by atoms with E-state index < -0.39 is 0 Å². The van der Waals surface area contributed by atoms with Crippen molar-refractivity contribution in [2.75, 3.05) is 0 Å². The molecule has 0 N–H and O–H groups in total. The summed E-state index contributed by atoms with van der Waals surface area (Å²) in [6.07, 6.45) is 3.80. The van der Waals surface area contributed by atoms with Crippen LogP contribution in [0.15, 0.2) is 42.7 Å². The molecule has 94 valence electrons. The van der Waals surface area contributed by atoms with Gasteiger partial charge < -0.3 is 4.57 Å². The Morgan fingerprint density at radius 2 is 2.00 bits per heavy atom. The molecule has 0 saturated heterocycles. The maximum Gasteiger partial charge on any atom is 0.166 e. The molecule has 18 heavy (non-hydrogen) atoms. The van der Waals surface area contributed by atoms with Crippen LogP contribution in [-0.4, -0.2) is 10.4 Å². The summed E-state index contributed by atoms with van der Waals surface area (Å²) in [7, 11) is 0. The van der Waals surface area contributed by atoms with E-state index in [1.807, 2.05) is 61.1 Å². The topological polar surface area (TPSA) is 22.0 Å². The standard InChI is InChI=1S/C15H16ClNO/c1-11(2)15(18)13-7-8-17(10-13)9-12-5-3-4-6-14(12)16/h3-8,10-11H,9H2,1-2H3. The van der Waals surface area contributed by atoms with Crippen molar-refractivity contribution in [2.24, 2.45) is 5.92 Å². The predicted molar refractivity (Wildman–Crippen MR) is 74.2 cm³/mol. The molecule has 0 aliphatic rings. The largest absolute Gasteiger partial charge is 0.349 e. The van der Waals surface area contributed by atoms with Crippen molar-refractivity contribution < 1.29 is 4.79 Å². The Kier molecular flexibility index (Phi) is 3.87. The first kappa shape index (κ1) is 12.9. The summed E-state index contributed by atoms with van der Waals surface area (Å²) in [4.78, 5) is 11.8. The summed E-state index contributed by atoms with van der Waals surface area (Å²) in [6, 6.07) is 9.60. The van der Waals surface area contributed by atoms with Gasteiger partial charge in [0.1, 0.15) is 0 Å². The summed E-state index contributed by atoms with van der Waals surface area (Å²) in [6.45, 7) is 4.51. The van der Waals surface area contributed by atoms with E-state index in [1.54, 1.807) is 0 Å². The van der Waals surface area contributed by atoms with Gasteiger partial charge >= 0.3 is 0 Å². The lowest BCUT2D eigenvalue weighted by molar-refractivity contribution is 0.0939. The lowest BCUT2D eigenvalue weighted by atomic mass is 10.0. The number of rotatable bonds is 4. The van der Waals surface area contributed by atoms with Crippen molar-refractivity contribution in [1.82, 2.24) is 4.57 Å². The molecule has 3 heteroatoms. The molecule has 0 unspecified atom stereocenters. The average Bonchev–Trinajstić information content (AvgIpc) is 2.79. The van der Waals surface area contributed by atoms with Crippen molar-refractivity contribution in [3.05, 3.63) is 58.9 Å². The summed E-state index contributed by atoms with van der Waals surface area (Å²) >= 11 is 6.11. The summed E-state index contributed by atoms with van der Waals surface area (Å²) in [5.74, 6) is 0.203. The van der Waals surface area contributed by atoms with Gasteiger partial charge in [-0.25, -0.2) is 0 Å². The second kappa shape index (κ2) is 5.40. The Hall–Kier alpha value is -1.54. The molecule has 1 aromatic carbocycles. The number of benzene rings is 1. The molecule has 0 fully saturated rings. The number of halogens is 1. The second-order valence-electron chi connectivity index (χ2n) is 4.68. The van der Waals surface area contributed by atoms with Crippen LogP contribution >= 0.6 is 11.6 Å². The van der Waals surface area contributed by atoms with E-state index in [0.717, 1.165) is 16.1 Å². The fourth-order valence-corrected chi connectivity index (χ4v) is 2.04. The van der Waals surface area contributed by atoms with Crippen LogP contribution in [0.4, 0.5) is 0 Å². The average molecular weight is 262 g/mol. The Balaban J connectivity index is 2.17. The second-order valence-corrected chi connectivity index (χ2v) is 5.09. The molecular weight excluding hydrogens is 246 g/mol. The minimum atomic E-state index is 0.0289. The molecule has 1 heterocycles. The Bertz CT molecular complexity index is 557. The summed E-state index contributed by atoms with van der Waals surface area (Å²) in [5, 5.41) is 0.753. The van der Waals surface area contributed by atoms with Gasteiger partial charge in [0.25, 0.3) is 0 Å². The maximum atomic E-state index is 11.8. The summed E-state index contributed by atoms with van der Waals surface area (Å²) in [5.41, 5.74) is 1.82. The van der Waals surface area contributed by atoms with Gasteiger partial charge in [-0.15, -0.1) is 0 Å². The molecule has 0 amide bonds. The third-order valence-corrected chi connectivity index (χ3v) is 3.24. The van der Waals surface area contributed by atoms with E-state index in [0.29, 0.717) is 6.54 Å². The van der Waals surface area contributed by atoms with Gasteiger partial charge in [-0.2, -0.15) is 0 Å². The van der Waals surface area contributed by atoms with Crippen molar-refractivity contribution >= 4 is 17.4 Å². The van der Waals surface area contributed by atoms with Crippen LogP contribution in [-0.2, 0) is 6.54 Å². The molecule has 0 aliphatic carbocycles. The van der Waals surface area contributed by atoms with Crippen LogP contribution in [0.5, 0.6) is 0 Å². The Morgan fingerprint density at radius 3 is 2.67 bits per heavy atom. The minimum Gasteiger partial charge on any atom is -0.349 e. The Morgan fingerprint density at radius 1 is 1.28 bits per heavy atom. The molecule has 0 bridgehead atoms. The van der Waals surface area contributed by atoms with Crippen molar-refractivity contribution in [3.8, 4) is 0 Å². The summed E-state index contributed by atoms with van der Waals surface area (Å²) < 4.78 is 1.98. The fourth-order valence-electron chi connectivity index (χ4n) is 1.84. The van der Waals surface area contributed by atoms with Gasteiger partial charge in [-0.05, 0) is 17.7 Å². The van der Waals surface area contributed by atoms with E-state index in [4.69, 9.17) is 11.6 Å². The number of hydrogen-bond donors (Lipinski definition) is 0. The van der Waals surface area contributed by atoms with Crippen LogP contribution in [0, 0.1) is 5.92 Å². The molecule has 2 aromatic rings. The van der Waals surface area contributed by atoms with E-state index in [1.165, 1.54) is 0 Å². The van der Waals surface area contributed by atoms with Crippen molar-refractivity contribution in [1.29, 1.82) is 0 Å². The van der Waals surface area contributed by atoms with Crippen molar-refractivity contribution in [3.63, 3.8) is 0 Å². The number of aromatic nitrogens is 1. The zero-order valence-corrected chi connectivity index (χ0v) is 11.3. The van der Waals surface area contributed by atoms with Crippen LogP contribution in [0.3, 0.4) is 0 Å². The van der Waals surface area contributed by atoms with E-state index in [-0.39, 0.29) is 11.7 Å². The van der Waals surface area contributed by atoms with E-state index in [2.05, 4.69) is 0 Å².